The second kappa shape index (κ2) is 9.39. The van der Waals surface area contributed by atoms with Gasteiger partial charge in [0, 0.05) is 24.6 Å². The molecule has 3 unspecified atom stereocenters. The molecule has 6 heteroatoms. The van der Waals surface area contributed by atoms with Gasteiger partial charge in [0.25, 0.3) is 0 Å². The Morgan fingerprint density at radius 3 is 2.03 bits per heavy atom. The maximum absolute atomic E-state index is 13.5. The molecule has 0 bridgehead atoms. The summed E-state index contributed by atoms with van der Waals surface area (Å²) in [5, 5.41) is 0. The van der Waals surface area contributed by atoms with E-state index in [-0.39, 0.29) is 47.2 Å². The van der Waals surface area contributed by atoms with Crippen LogP contribution in [0.4, 0.5) is 0 Å². The lowest BCUT2D eigenvalue weighted by atomic mass is 9.85. The van der Waals surface area contributed by atoms with Gasteiger partial charge in [-0.15, -0.1) is 0 Å². The first-order valence-corrected chi connectivity index (χ1v) is 11.8. The number of ketones is 1. The Bertz CT molecular complexity index is 889. The van der Waals surface area contributed by atoms with Gasteiger partial charge in [0.05, 0.1) is 11.8 Å². The number of Topliss-reactive ketones (excluding diaryl/α,β-unsaturated/α-hetero) is 1. The van der Waals surface area contributed by atoms with Crippen molar-refractivity contribution >= 4 is 23.5 Å². The van der Waals surface area contributed by atoms with Crippen LogP contribution in [0.5, 0.6) is 0 Å². The highest BCUT2D eigenvalue weighted by molar-refractivity contribution is 6.08. The lowest BCUT2D eigenvalue weighted by molar-refractivity contribution is -0.152. The molecule has 4 rings (SSSR count). The number of benzene rings is 1. The number of fused-ring (bicyclic) bond motifs is 1. The minimum absolute atomic E-state index is 0.103. The fraction of sp³-hybridized carbons (Fsp3) is 0.538. The van der Waals surface area contributed by atoms with Crippen LogP contribution in [0.25, 0.3) is 0 Å². The molecule has 0 saturated carbocycles. The maximum atomic E-state index is 13.5. The van der Waals surface area contributed by atoms with Gasteiger partial charge in [-0.1, -0.05) is 56.3 Å². The molecule has 1 aliphatic carbocycles. The number of carbonyl (C=O) groups excluding carboxylic acids is 4. The number of hydrogen-bond donors (Lipinski definition) is 0. The van der Waals surface area contributed by atoms with Crippen molar-refractivity contribution in [3.63, 3.8) is 0 Å². The molecular formula is C26H32N2O4. The molecule has 2 heterocycles. The van der Waals surface area contributed by atoms with Crippen LogP contribution in [-0.4, -0.2) is 52.4 Å². The quantitative estimate of drug-likeness (QED) is 0.389. The van der Waals surface area contributed by atoms with Crippen molar-refractivity contribution in [2.75, 3.05) is 13.1 Å². The van der Waals surface area contributed by atoms with Crippen molar-refractivity contribution in [1.82, 2.24) is 9.80 Å². The second-order valence-electron chi connectivity index (χ2n) is 9.68. The molecule has 0 spiro atoms. The monoisotopic (exact) mass is 436 g/mol. The molecule has 2 fully saturated rings. The van der Waals surface area contributed by atoms with Crippen LogP contribution in [-0.2, 0) is 14.4 Å². The van der Waals surface area contributed by atoms with E-state index in [1.807, 2.05) is 56.3 Å². The zero-order valence-electron chi connectivity index (χ0n) is 18.9. The normalized spacial score (nSPS) is 24.7. The van der Waals surface area contributed by atoms with E-state index in [2.05, 4.69) is 0 Å². The van der Waals surface area contributed by atoms with Gasteiger partial charge in [-0.2, -0.15) is 0 Å². The molecule has 3 atom stereocenters. The number of rotatable bonds is 6. The standard InChI is InChI=1S/C26H32N2O4/c1-17(2)16-22(28-24(30)20-10-6-7-11-21(20)25(28)31)26(32)27-14-12-19(13-15-27)23(29)18-8-4-3-5-9-18/h3-9,17,19-22H,10-16H2,1-2H3. The van der Waals surface area contributed by atoms with Crippen LogP contribution in [0.15, 0.2) is 42.5 Å². The molecule has 0 aromatic heterocycles. The number of nitrogens with zero attached hydrogens (tertiary/aromatic N) is 2. The molecule has 170 valence electrons. The molecule has 1 aromatic rings. The minimum atomic E-state index is -0.748. The third-order valence-electron chi connectivity index (χ3n) is 7.07. The van der Waals surface area contributed by atoms with Crippen LogP contribution in [0.3, 0.4) is 0 Å². The summed E-state index contributed by atoms with van der Waals surface area (Å²) >= 11 is 0. The average molecular weight is 437 g/mol. The van der Waals surface area contributed by atoms with Gasteiger partial charge in [-0.05, 0) is 38.0 Å². The van der Waals surface area contributed by atoms with Crippen molar-refractivity contribution in [3.8, 4) is 0 Å². The molecule has 0 radical (unpaired) electrons. The third-order valence-corrected chi connectivity index (χ3v) is 7.07. The topological polar surface area (TPSA) is 74.8 Å². The Balaban J connectivity index is 1.46. The first-order valence-electron chi connectivity index (χ1n) is 11.8. The zero-order chi connectivity index (χ0) is 22.8. The Morgan fingerprint density at radius 2 is 1.50 bits per heavy atom. The van der Waals surface area contributed by atoms with Gasteiger partial charge in [0.2, 0.25) is 17.7 Å². The lowest BCUT2D eigenvalue weighted by Gasteiger charge is -2.36. The average Bonchev–Trinajstić information content (AvgIpc) is 3.07. The number of carbonyl (C=O) groups is 4. The molecule has 32 heavy (non-hydrogen) atoms. The fourth-order valence-electron chi connectivity index (χ4n) is 5.31. The van der Waals surface area contributed by atoms with E-state index in [1.54, 1.807) is 4.90 Å². The first kappa shape index (κ1) is 22.4. The van der Waals surface area contributed by atoms with E-state index in [4.69, 9.17) is 0 Å². The molecule has 2 aliphatic heterocycles. The summed E-state index contributed by atoms with van der Waals surface area (Å²) in [4.78, 5) is 55.6. The summed E-state index contributed by atoms with van der Waals surface area (Å²) in [6, 6.07) is 8.52. The fourth-order valence-corrected chi connectivity index (χ4v) is 5.31. The molecule has 1 aromatic carbocycles. The van der Waals surface area contributed by atoms with Crippen LogP contribution in [0.2, 0.25) is 0 Å². The van der Waals surface area contributed by atoms with Crippen molar-refractivity contribution in [2.24, 2.45) is 23.7 Å². The Hall–Kier alpha value is -2.76. The van der Waals surface area contributed by atoms with Gasteiger partial charge in [0.1, 0.15) is 6.04 Å². The van der Waals surface area contributed by atoms with E-state index in [0.717, 1.165) is 0 Å². The van der Waals surface area contributed by atoms with Gasteiger partial charge in [-0.3, -0.25) is 24.1 Å². The van der Waals surface area contributed by atoms with E-state index in [9.17, 15) is 19.2 Å². The number of allylic oxidation sites excluding steroid dienone is 2. The smallest absolute Gasteiger partial charge is 0.245 e. The Labute approximate surface area is 189 Å². The summed E-state index contributed by atoms with van der Waals surface area (Å²) in [7, 11) is 0. The van der Waals surface area contributed by atoms with Crippen molar-refractivity contribution in [3.05, 3.63) is 48.0 Å². The summed E-state index contributed by atoms with van der Waals surface area (Å²) in [5.74, 6) is -1.02. The number of hydrogen-bond acceptors (Lipinski definition) is 4. The summed E-state index contributed by atoms with van der Waals surface area (Å²) < 4.78 is 0. The maximum Gasteiger partial charge on any atom is 0.245 e. The zero-order valence-corrected chi connectivity index (χ0v) is 18.9. The molecule has 6 nitrogen and oxygen atoms in total. The Morgan fingerprint density at radius 1 is 0.938 bits per heavy atom. The number of imide groups is 1. The Kier molecular flexibility index (Phi) is 6.58. The molecule has 3 aliphatic rings. The third kappa shape index (κ3) is 4.27. The van der Waals surface area contributed by atoms with Crippen molar-refractivity contribution < 1.29 is 19.2 Å². The van der Waals surface area contributed by atoms with Gasteiger partial charge in [-0.25, -0.2) is 0 Å². The highest BCUT2D eigenvalue weighted by atomic mass is 16.2. The van der Waals surface area contributed by atoms with Crippen LogP contribution in [0.1, 0.15) is 56.3 Å². The first-order chi connectivity index (χ1) is 15.4. The molecular weight excluding hydrogens is 404 g/mol. The second-order valence-corrected chi connectivity index (χ2v) is 9.68. The number of piperidine rings is 1. The SMILES string of the molecule is CC(C)CC(C(=O)N1CCC(C(=O)c2ccccc2)CC1)N1C(=O)C2CC=CCC2C1=O. The van der Waals surface area contributed by atoms with Crippen molar-refractivity contribution in [2.45, 2.75) is 52.0 Å². The van der Waals surface area contributed by atoms with Gasteiger partial charge >= 0.3 is 0 Å². The lowest BCUT2D eigenvalue weighted by Crippen LogP contribution is -2.53. The van der Waals surface area contributed by atoms with E-state index in [1.165, 1.54) is 4.90 Å². The largest absolute Gasteiger partial charge is 0.341 e. The predicted molar refractivity (Wildman–Crippen MR) is 121 cm³/mol. The van der Waals surface area contributed by atoms with Crippen molar-refractivity contribution in [1.29, 1.82) is 0 Å². The van der Waals surface area contributed by atoms with E-state index in [0.29, 0.717) is 50.8 Å². The van der Waals surface area contributed by atoms with E-state index >= 15 is 0 Å². The summed E-state index contributed by atoms with van der Waals surface area (Å²) in [5.41, 5.74) is 0.708. The van der Waals surface area contributed by atoms with Crippen LogP contribution >= 0.6 is 0 Å². The molecule has 0 N–H and O–H groups in total. The summed E-state index contributed by atoms with van der Waals surface area (Å²) in [6.07, 6.45) is 6.73. The van der Waals surface area contributed by atoms with Gasteiger partial charge in [0.15, 0.2) is 5.78 Å². The number of likely N-dealkylation sites (tertiary alicyclic amines) is 2. The van der Waals surface area contributed by atoms with E-state index < -0.39 is 6.04 Å². The molecule has 3 amide bonds. The summed E-state index contributed by atoms with van der Waals surface area (Å²) in [6.45, 7) is 4.96. The van der Waals surface area contributed by atoms with Crippen LogP contribution in [0, 0.1) is 23.7 Å². The molecule has 2 saturated heterocycles. The highest BCUT2D eigenvalue weighted by Gasteiger charge is 2.51. The highest BCUT2D eigenvalue weighted by Crippen LogP contribution is 2.37. The van der Waals surface area contributed by atoms with Crippen LogP contribution < -0.4 is 0 Å². The van der Waals surface area contributed by atoms with Gasteiger partial charge < -0.3 is 4.90 Å². The minimum Gasteiger partial charge on any atom is -0.341 e. The number of amides is 3. The predicted octanol–water partition coefficient (Wildman–Crippen LogP) is 3.47.